The Balaban J connectivity index is 1.74. The van der Waals surface area contributed by atoms with E-state index in [0.29, 0.717) is 12.1 Å². The number of carboxylic acids is 1. The van der Waals surface area contributed by atoms with Crippen molar-refractivity contribution >= 4 is 12.0 Å². The van der Waals surface area contributed by atoms with E-state index in [1.165, 1.54) is 5.56 Å². The van der Waals surface area contributed by atoms with E-state index < -0.39 is 5.97 Å². The number of hydrogen-bond acceptors (Lipinski definition) is 2. The van der Waals surface area contributed by atoms with E-state index in [1.807, 2.05) is 60.7 Å². The molecule has 3 nitrogen and oxygen atoms in total. The fraction of sp³-hybridized carbons (Fsp3) is 0.190. The van der Waals surface area contributed by atoms with E-state index in [9.17, 15) is 9.90 Å². The van der Waals surface area contributed by atoms with Gasteiger partial charge in [0.25, 0.3) is 0 Å². The van der Waals surface area contributed by atoms with Gasteiger partial charge in [-0.3, -0.25) is 4.90 Å². The molecule has 1 aliphatic rings. The molecule has 24 heavy (non-hydrogen) atoms. The molecule has 3 rings (SSSR count). The summed E-state index contributed by atoms with van der Waals surface area (Å²) in [5, 5.41) is 9.57. The van der Waals surface area contributed by atoms with Crippen LogP contribution in [0.15, 0.2) is 77.9 Å². The molecule has 1 N–H and O–H groups in total. The van der Waals surface area contributed by atoms with Gasteiger partial charge >= 0.3 is 5.97 Å². The summed E-state index contributed by atoms with van der Waals surface area (Å²) >= 11 is 0. The predicted octanol–water partition coefficient (Wildman–Crippen LogP) is 3.99. The highest BCUT2D eigenvalue weighted by atomic mass is 16.4. The van der Waals surface area contributed by atoms with Gasteiger partial charge in [-0.15, -0.1) is 0 Å². The Labute approximate surface area is 142 Å². The van der Waals surface area contributed by atoms with Crippen LogP contribution >= 0.6 is 0 Å². The van der Waals surface area contributed by atoms with Crippen molar-refractivity contribution in [3.63, 3.8) is 0 Å². The summed E-state index contributed by atoms with van der Waals surface area (Å²) in [7, 11) is 0. The molecule has 1 aliphatic heterocycles. The lowest BCUT2D eigenvalue weighted by Gasteiger charge is -2.28. The average Bonchev–Trinajstić information content (AvgIpc) is 2.62. The molecule has 0 aliphatic carbocycles. The minimum absolute atomic E-state index is 0.485. The Morgan fingerprint density at radius 3 is 2.33 bits per heavy atom. The highest BCUT2D eigenvalue weighted by Crippen LogP contribution is 2.22. The van der Waals surface area contributed by atoms with Gasteiger partial charge in [0.1, 0.15) is 0 Å². The van der Waals surface area contributed by atoms with Gasteiger partial charge in [-0.05, 0) is 23.1 Å². The van der Waals surface area contributed by atoms with Crippen molar-refractivity contribution in [1.29, 1.82) is 0 Å². The standard InChI is InChI=1S/C21H21NO2/c23-21(24)20-16-22(15-18-9-5-2-6-10-18)14-13-19(20)12-11-17-7-3-1-4-8-17/h1-12H,13-16H2,(H,23,24). The summed E-state index contributed by atoms with van der Waals surface area (Å²) in [5.41, 5.74) is 3.73. The minimum Gasteiger partial charge on any atom is -0.478 e. The summed E-state index contributed by atoms with van der Waals surface area (Å²) in [6.45, 7) is 2.14. The van der Waals surface area contributed by atoms with Gasteiger partial charge < -0.3 is 5.11 Å². The lowest BCUT2D eigenvalue weighted by atomic mass is 9.98. The third kappa shape index (κ3) is 4.21. The van der Waals surface area contributed by atoms with Crippen molar-refractivity contribution in [2.45, 2.75) is 13.0 Å². The van der Waals surface area contributed by atoms with Gasteiger partial charge in [-0.25, -0.2) is 4.79 Å². The maximum atomic E-state index is 11.7. The predicted molar refractivity (Wildman–Crippen MR) is 96.5 cm³/mol. The largest absolute Gasteiger partial charge is 0.478 e. The van der Waals surface area contributed by atoms with Crippen molar-refractivity contribution in [2.24, 2.45) is 0 Å². The number of carbonyl (C=O) groups is 1. The highest BCUT2D eigenvalue weighted by molar-refractivity contribution is 5.89. The van der Waals surface area contributed by atoms with Crippen LogP contribution < -0.4 is 0 Å². The van der Waals surface area contributed by atoms with E-state index in [2.05, 4.69) is 17.0 Å². The van der Waals surface area contributed by atoms with Crippen LogP contribution in [0.2, 0.25) is 0 Å². The third-order valence-electron chi connectivity index (χ3n) is 4.25. The Morgan fingerprint density at radius 1 is 1.00 bits per heavy atom. The van der Waals surface area contributed by atoms with Crippen LogP contribution in [-0.4, -0.2) is 29.1 Å². The zero-order chi connectivity index (χ0) is 16.8. The highest BCUT2D eigenvalue weighted by Gasteiger charge is 2.22. The first kappa shape index (κ1) is 16.2. The maximum Gasteiger partial charge on any atom is 0.333 e. The average molecular weight is 319 g/mol. The van der Waals surface area contributed by atoms with Gasteiger partial charge in [0.2, 0.25) is 0 Å². The van der Waals surface area contributed by atoms with Crippen LogP contribution in [0, 0.1) is 0 Å². The van der Waals surface area contributed by atoms with E-state index in [4.69, 9.17) is 0 Å². The lowest BCUT2D eigenvalue weighted by Crippen LogP contribution is -2.33. The van der Waals surface area contributed by atoms with Crippen molar-refractivity contribution in [3.05, 3.63) is 89.0 Å². The number of benzene rings is 2. The molecular formula is C21H21NO2. The lowest BCUT2D eigenvalue weighted by molar-refractivity contribution is -0.133. The molecule has 1 heterocycles. The summed E-state index contributed by atoms with van der Waals surface area (Å²) in [6, 6.07) is 20.1. The number of hydrogen-bond donors (Lipinski definition) is 1. The maximum absolute atomic E-state index is 11.7. The van der Waals surface area contributed by atoms with Crippen molar-refractivity contribution < 1.29 is 9.90 Å². The van der Waals surface area contributed by atoms with Gasteiger partial charge in [0, 0.05) is 19.6 Å². The number of carboxylic acid groups (broad SMARTS) is 1. The monoisotopic (exact) mass is 319 g/mol. The van der Waals surface area contributed by atoms with Gasteiger partial charge in [-0.1, -0.05) is 72.8 Å². The first-order valence-corrected chi connectivity index (χ1v) is 8.17. The topological polar surface area (TPSA) is 40.5 Å². The number of aliphatic carboxylic acids is 1. The molecule has 2 aromatic rings. The molecule has 0 unspecified atom stereocenters. The van der Waals surface area contributed by atoms with Crippen molar-refractivity contribution in [2.75, 3.05) is 13.1 Å². The second-order valence-electron chi connectivity index (χ2n) is 6.00. The molecule has 2 aromatic carbocycles. The summed E-state index contributed by atoms with van der Waals surface area (Å²) < 4.78 is 0. The summed E-state index contributed by atoms with van der Waals surface area (Å²) in [6.07, 6.45) is 4.71. The van der Waals surface area contributed by atoms with Gasteiger partial charge in [0.15, 0.2) is 0 Å². The Bertz CT molecular complexity index is 748. The van der Waals surface area contributed by atoms with E-state index in [0.717, 1.165) is 30.6 Å². The van der Waals surface area contributed by atoms with Gasteiger partial charge in [0.05, 0.1) is 5.57 Å². The number of rotatable bonds is 5. The quantitative estimate of drug-likeness (QED) is 0.906. The SMILES string of the molecule is O=C(O)C1=C(C=Cc2ccccc2)CCN(Cc2ccccc2)C1. The van der Waals surface area contributed by atoms with Crippen LogP contribution in [-0.2, 0) is 11.3 Å². The van der Waals surface area contributed by atoms with Crippen LogP contribution in [0.25, 0.3) is 6.08 Å². The molecule has 0 aromatic heterocycles. The van der Waals surface area contributed by atoms with E-state index in [1.54, 1.807) is 0 Å². The normalized spacial score (nSPS) is 15.8. The Morgan fingerprint density at radius 2 is 1.67 bits per heavy atom. The van der Waals surface area contributed by atoms with Gasteiger partial charge in [-0.2, -0.15) is 0 Å². The first-order valence-electron chi connectivity index (χ1n) is 8.17. The third-order valence-corrected chi connectivity index (χ3v) is 4.25. The molecule has 0 saturated heterocycles. The number of allylic oxidation sites excluding steroid dienone is 1. The summed E-state index contributed by atoms with van der Waals surface area (Å²) in [5.74, 6) is -0.819. The zero-order valence-corrected chi connectivity index (χ0v) is 13.6. The number of nitrogens with zero attached hydrogens (tertiary/aromatic N) is 1. The molecule has 3 heteroatoms. The van der Waals surface area contributed by atoms with Crippen molar-refractivity contribution in [1.82, 2.24) is 4.90 Å². The van der Waals surface area contributed by atoms with Crippen LogP contribution in [0.3, 0.4) is 0 Å². The molecule has 0 fully saturated rings. The molecule has 0 spiro atoms. The van der Waals surface area contributed by atoms with Crippen LogP contribution in [0.1, 0.15) is 17.5 Å². The molecular weight excluding hydrogens is 298 g/mol. The zero-order valence-electron chi connectivity index (χ0n) is 13.6. The van der Waals surface area contributed by atoms with E-state index >= 15 is 0 Å². The molecule has 0 saturated carbocycles. The van der Waals surface area contributed by atoms with Crippen LogP contribution in [0.4, 0.5) is 0 Å². The van der Waals surface area contributed by atoms with Crippen molar-refractivity contribution in [3.8, 4) is 0 Å². The molecule has 0 atom stereocenters. The fourth-order valence-corrected chi connectivity index (χ4v) is 2.96. The first-order chi connectivity index (χ1) is 11.7. The molecule has 122 valence electrons. The minimum atomic E-state index is -0.819. The summed E-state index contributed by atoms with van der Waals surface area (Å²) in [4.78, 5) is 13.8. The fourth-order valence-electron chi connectivity index (χ4n) is 2.96. The molecule has 0 bridgehead atoms. The molecule has 0 radical (unpaired) electrons. The second kappa shape index (κ2) is 7.75. The smallest absolute Gasteiger partial charge is 0.333 e. The Hall–Kier alpha value is -2.65. The molecule has 0 amide bonds. The van der Waals surface area contributed by atoms with Crippen LogP contribution in [0.5, 0.6) is 0 Å². The Kier molecular flexibility index (Phi) is 5.24. The second-order valence-corrected chi connectivity index (χ2v) is 6.00. The van der Waals surface area contributed by atoms with E-state index in [-0.39, 0.29) is 0 Å².